The Hall–Kier alpha value is -2.96. The van der Waals surface area contributed by atoms with Crippen LogP contribution in [0.1, 0.15) is 18.2 Å². The number of aromatic nitrogens is 4. The van der Waals surface area contributed by atoms with Crippen LogP contribution in [0.25, 0.3) is 11.4 Å². The Balaban J connectivity index is 1.42. The number of imidazole rings is 1. The molecule has 0 saturated carbocycles. The van der Waals surface area contributed by atoms with Crippen LogP contribution in [0.5, 0.6) is 0 Å². The van der Waals surface area contributed by atoms with Crippen LogP contribution in [0.3, 0.4) is 0 Å². The number of carbonyl (C=O) groups is 1. The topological polar surface area (TPSA) is 77.1 Å². The molecule has 7 nitrogen and oxygen atoms in total. The summed E-state index contributed by atoms with van der Waals surface area (Å²) in [6, 6.07) is 9.73. The maximum absolute atomic E-state index is 12.3. The average molecular weight is 323 g/mol. The Morgan fingerprint density at radius 1 is 1.29 bits per heavy atom. The fourth-order valence-corrected chi connectivity index (χ4v) is 2.93. The zero-order valence-corrected chi connectivity index (χ0v) is 13.1. The van der Waals surface area contributed by atoms with Gasteiger partial charge in [0, 0.05) is 31.0 Å². The molecule has 3 heterocycles. The average Bonchev–Trinajstić information content (AvgIpc) is 3.36. The van der Waals surface area contributed by atoms with Gasteiger partial charge in [-0.3, -0.25) is 4.79 Å². The van der Waals surface area contributed by atoms with Gasteiger partial charge in [-0.1, -0.05) is 35.5 Å². The quantitative estimate of drug-likeness (QED) is 0.733. The van der Waals surface area contributed by atoms with Gasteiger partial charge in [-0.05, 0) is 6.42 Å². The first kappa shape index (κ1) is 14.6. The summed E-state index contributed by atoms with van der Waals surface area (Å²) >= 11 is 0. The second-order valence-corrected chi connectivity index (χ2v) is 5.88. The molecule has 3 aromatic rings. The molecule has 0 aliphatic carbocycles. The lowest BCUT2D eigenvalue weighted by molar-refractivity contribution is -0.130. The van der Waals surface area contributed by atoms with Gasteiger partial charge in [0.25, 0.3) is 0 Å². The van der Waals surface area contributed by atoms with Gasteiger partial charge in [0.05, 0.1) is 12.2 Å². The van der Waals surface area contributed by atoms with Crippen LogP contribution in [0.2, 0.25) is 0 Å². The van der Waals surface area contributed by atoms with Crippen LogP contribution in [0.4, 0.5) is 0 Å². The fraction of sp³-hybridized carbons (Fsp3) is 0.294. The van der Waals surface area contributed by atoms with Crippen LogP contribution < -0.4 is 0 Å². The van der Waals surface area contributed by atoms with Crippen LogP contribution in [0.15, 0.2) is 53.6 Å². The highest BCUT2D eigenvalue weighted by Crippen LogP contribution is 2.27. The van der Waals surface area contributed by atoms with Gasteiger partial charge >= 0.3 is 0 Å². The Bertz CT molecular complexity index is 813. The summed E-state index contributed by atoms with van der Waals surface area (Å²) in [6.07, 6.45) is 5.95. The van der Waals surface area contributed by atoms with Gasteiger partial charge in [-0.25, -0.2) is 4.98 Å². The van der Waals surface area contributed by atoms with Crippen molar-refractivity contribution in [2.75, 3.05) is 13.1 Å². The number of likely N-dealkylation sites (tertiary alicyclic amines) is 1. The Morgan fingerprint density at radius 2 is 2.17 bits per heavy atom. The van der Waals surface area contributed by atoms with E-state index >= 15 is 0 Å². The van der Waals surface area contributed by atoms with Gasteiger partial charge in [0.15, 0.2) is 0 Å². The van der Waals surface area contributed by atoms with Crippen molar-refractivity contribution in [3.05, 3.63) is 54.9 Å². The minimum Gasteiger partial charge on any atom is -0.340 e. The van der Waals surface area contributed by atoms with Gasteiger partial charge in [-0.15, -0.1) is 0 Å². The van der Waals surface area contributed by atoms with Gasteiger partial charge < -0.3 is 14.0 Å². The molecule has 0 N–H and O–H groups in total. The molecule has 0 bridgehead atoms. The monoisotopic (exact) mass is 323 g/mol. The van der Waals surface area contributed by atoms with Crippen molar-refractivity contribution in [1.29, 1.82) is 0 Å². The smallest absolute Gasteiger partial charge is 0.242 e. The third-order valence-corrected chi connectivity index (χ3v) is 4.24. The zero-order valence-electron chi connectivity index (χ0n) is 13.1. The van der Waals surface area contributed by atoms with E-state index in [4.69, 9.17) is 4.52 Å². The second kappa shape index (κ2) is 6.27. The van der Waals surface area contributed by atoms with Crippen LogP contribution in [-0.4, -0.2) is 43.6 Å². The van der Waals surface area contributed by atoms with E-state index in [1.807, 2.05) is 35.2 Å². The lowest BCUT2D eigenvalue weighted by atomic mass is 10.1. The number of nitrogens with zero attached hydrogens (tertiary/aromatic N) is 5. The summed E-state index contributed by atoms with van der Waals surface area (Å²) in [5, 5.41) is 4.06. The van der Waals surface area contributed by atoms with E-state index in [0.717, 1.165) is 12.0 Å². The molecule has 1 atom stereocenters. The first-order valence-electron chi connectivity index (χ1n) is 7.92. The Morgan fingerprint density at radius 3 is 2.96 bits per heavy atom. The molecular formula is C17H17N5O2. The SMILES string of the molecule is O=C(Cn1ccnc1)N1CCC(c2nc(-c3ccccc3)no2)C1. The molecule has 1 saturated heterocycles. The van der Waals surface area contributed by atoms with Crippen molar-refractivity contribution in [2.45, 2.75) is 18.9 Å². The summed E-state index contributed by atoms with van der Waals surface area (Å²) in [5.41, 5.74) is 0.929. The number of benzene rings is 1. The maximum atomic E-state index is 12.3. The highest BCUT2D eigenvalue weighted by molar-refractivity contribution is 5.76. The molecule has 0 spiro atoms. The predicted molar refractivity (Wildman–Crippen MR) is 85.9 cm³/mol. The molecule has 1 unspecified atom stereocenters. The van der Waals surface area contributed by atoms with Gasteiger partial charge in [-0.2, -0.15) is 4.98 Å². The van der Waals surface area contributed by atoms with Crippen LogP contribution in [0, 0.1) is 0 Å². The molecule has 1 aliphatic heterocycles. The van der Waals surface area contributed by atoms with Crippen molar-refractivity contribution in [3.8, 4) is 11.4 Å². The lowest BCUT2D eigenvalue weighted by Crippen LogP contribution is -2.31. The highest BCUT2D eigenvalue weighted by atomic mass is 16.5. The maximum Gasteiger partial charge on any atom is 0.242 e. The van der Waals surface area contributed by atoms with Crippen molar-refractivity contribution in [1.82, 2.24) is 24.6 Å². The Kier molecular flexibility index (Phi) is 3.82. The van der Waals surface area contributed by atoms with Gasteiger partial charge in [0.2, 0.25) is 17.6 Å². The molecule has 1 aliphatic rings. The molecule has 4 rings (SSSR count). The number of amides is 1. The van der Waals surface area contributed by atoms with Gasteiger partial charge in [0.1, 0.15) is 6.54 Å². The summed E-state index contributed by atoms with van der Waals surface area (Å²) in [7, 11) is 0. The van der Waals surface area contributed by atoms with E-state index in [9.17, 15) is 4.79 Å². The number of hydrogen-bond donors (Lipinski definition) is 0. The zero-order chi connectivity index (χ0) is 16.4. The van der Waals surface area contributed by atoms with E-state index in [0.29, 0.717) is 31.3 Å². The molecule has 1 fully saturated rings. The molecule has 7 heteroatoms. The van der Waals surface area contributed by atoms with E-state index in [1.165, 1.54) is 0 Å². The third-order valence-electron chi connectivity index (χ3n) is 4.24. The molecule has 1 aromatic carbocycles. The van der Waals surface area contributed by atoms with Crippen LogP contribution in [-0.2, 0) is 11.3 Å². The van der Waals surface area contributed by atoms with E-state index in [1.54, 1.807) is 23.3 Å². The first-order chi connectivity index (χ1) is 11.8. The molecule has 2 aromatic heterocycles. The predicted octanol–water partition coefficient (Wildman–Crippen LogP) is 1.95. The standard InChI is InChI=1S/C17H17N5O2/c23-15(11-21-9-7-18-12-21)22-8-6-14(10-22)17-19-16(20-24-17)13-4-2-1-3-5-13/h1-5,7,9,12,14H,6,8,10-11H2. The minimum absolute atomic E-state index is 0.0818. The second-order valence-electron chi connectivity index (χ2n) is 5.88. The van der Waals surface area contributed by atoms with Crippen molar-refractivity contribution >= 4 is 5.91 Å². The minimum atomic E-state index is 0.0818. The molecule has 0 radical (unpaired) electrons. The third kappa shape index (κ3) is 2.92. The molecule has 1 amide bonds. The Labute approximate surface area is 138 Å². The fourth-order valence-electron chi connectivity index (χ4n) is 2.93. The summed E-state index contributed by atoms with van der Waals surface area (Å²) < 4.78 is 7.20. The molecular weight excluding hydrogens is 306 g/mol. The highest BCUT2D eigenvalue weighted by Gasteiger charge is 2.31. The molecule has 24 heavy (non-hydrogen) atoms. The van der Waals surface area contributed by atoms with E-state index in [-0.39, 0.29) is 11.8 Å². The van der Waals surface area contributed by atoms with Crippen molar-refractivity contribution in [3.63, 3.8) is 0 Å². The number of rotatable bonds is 4. The van der Waals surface area contributed by atoms with Crippen molar-refractivity contribution in [2.24, 2.45) is 0 Å². The largest absolute Gasteiger partial charge is 0.340 e. The summed E-state index contributed by atoms with van der Waals surface area (Å²) in [6.45, 7) is 1.64. The first-order valence-corrected chi connectivity index (χ1v) is 7.92. The number of carbonyl (C=O) groups excluding carboxylic acids is 1. The van der Waals surface area contributed by atoms with E-state index in [2.05, 4.69) is 15.1 Å². The summed E-state index contributed by atoms with van der Waals surface area (Å²) in [4.78, 5) is 22.6. The van der Waals surface area contributed by atoms with Crippen molar-refractivity contribution < 1.29 is 9.32 Å². The lowest BCUT2D eigenvalue weighted by Gasteiger charge is -2.15. The van der Waals surface area contributed by atoms with Crippen LogP contribution >= 0.6 is 0 Å². The molecule has 122 valence electrons. The number of hydrogen-bond acceptors (Lipinski definition) is 5. The van der Waals surface area contributed by atoms with E-state index < -0.39 is 0 Å². The summed E-state index contributed by atoms with van der Waals surface area (Å²) in [5.74, 6) is 1.38. The normalized spacial score (nSPS) is 17.3.